The fourth-order valence-corrected chi connectivity index (χ4v) is 2.75. The van der Waals surface area contributed by atoms with Crippen LogP contribution in [0, 0.1) is 0 Å². The molecule has 0 bridgehead atoms. The van der Waals surface area contributed by atoms with E-state index in [1.54, 1.807) is 29.1 Å². The summed E-state index contributed by atoms with van der Waals surface area (Å²) < 4.78 is 0. The highest BCUT2D eigenvalue weighted by molar-refractivity contribution is 5.96. The standard InChI is InChI=1S/C17H26N4O2/c1-5-6-7-14-17(23)20(4)10-11-21(14)16(22)13-8-9-18-15(19-13)12(2)3/h8-9,12,14H,5-7,10-11H2,1-4H3. The molecule has 1 aromatic rings. The Balaban J connectivity index is 2.24. The van der Waals surface area contributed by atoms with E-state index in [-0.39, 0.29) is 23.8 Å². The number of hydrogen-bond acceptors (Lipinski definition) is 4. The molecule has 2 rings (SSSR count). The van der Waals surface area contributed by atoms with E-state index in [0.29, 0.717) is 31.0 Å². The van der Waals surface area contributed by atoms with E-state index >= 15 is 0 Å². The fraction of sp³-hybridized carbons (Fsp3) is 0.647. The highest BCUT2D eigenvalue weighted by Gasteiger charge is 2.36. The molecule has 2 heterocycles. The Labute approximate surface area is 137 Å². The lowest BCUT2D eigenvalue weighted by molar-refractivity contribution is -0.138. The van der Waals surface area contributed by atoms with Crippen molar-refractivity contribution in [2.45, 2.75) is 52.0 Å². The monoisotopic (exact) mass is 318 g/mol. The number of carbonyl (C=O) groups excluding carboxylic acids is 2. The number of hydrogen-bond donors (Lipinski definition) is 0. The largest absolute Gasteiger partial charge is 0.342 e. The van der Waals surface area contributed by atoms with E-state index < -0.39 is 0 Å². The van der Waals surface area contributed by atoms with Gasteiger partial charge < -0.3 is 9.80 Å². The number of nitrogens with zero attached hydrogens (tertiary/aromatic N) is 4. The van der Waals surface area contributed by atoms with Crippen LogP contribution in [0.2, 0.25) is 0 Å². The number of rotatable bonds is 5. The summed E-state index contributed by atoms with van der Waals surface area (Å²) in [7, 11) is 1.80. The lowest BCUT2D eigenvalue weighted by atomic mass is 10.0. The second kappa shape index (κ2) is 7.53. The molecule has 1 aliphatic rings. The maximum atomic E-state index is 12.9. The molecule has 23 heavy (non-hydrogen) atoms. The molecule has 1 saturated heterocycles. The molecule has 1 unspecified atom stereocenters. The molecule has 1 aromatic heterocycles. The van der Waals surface area contributed by atoms with Crippen molar-refractivity contribution in [1.29, 1.82) is 0 Å². The predicted octanol–water partition coefficient (Wildman–Crippen LogP) is 2.07. The number of amides is 2. The zero-order valence-corrected chi connectivity index (χ0v) is 14.5. The molecule has 1 aliphatic heterocycles. The Morgan fingerprint density at radius 2 is 2.13 bits per heavy atom. The van der Waals surface area contributed by atoms with Crippen LogP contribution in [-0.2, 0) is 4.79 Å². The predicted molar refractivity (Wildman–Crippen MR) is 88.1 cm³/mol. The normalized spacial score (nSPS) is 18.7. The van der Waals surface area contributed by atoms with E-state index in [1.165, 1.54) is 0 Å². The van der Waals surface area contributed by atoms with E-state index in [1.807, 2.05) is 13.8 Å². The third-order valence-electron chi connectivity index (χ3n) is 4.22. The number of piperazine rings is 1. The van der Waals surface area contributed by atoms with Gasteiger partial charge in [-0.15, -0.1) is 0 Å². The molecule has 0 aromatic carbocycles. The molecule has 0 saturated carbocycles. The van der Waals surface area contributed by atoms with Crippen LogP contribution in [-0.4, -0.2) is 57.8 Å². The van der Waals surface area contributed by atoms with Gasteiger partial charge in [-0.05, 0) is 12.5 Å². The SMILES string of the molecule is CCCCC1C(=O)N(C)CCN1C(=O)c1ccnc(C(C)C)n1. The average Bonchev–Trinajstić information content (AvgIpc) is 2.55. The molecule has 0 spiro atoms. The van der Waals surface area contributed by atoms with E-state index in [4.69, 9.17) is 0 Å². The molecule has 6 nitrogen and oxygen atoms in total. The van der Waals surface area contributed by atoms with Crippen molar-refractivity contribution in [3.05, 3.63) is 23.8 Å². The van der Waals surface area contributed by atoms with Gasteiger partial charge in [-0.25, -0.2) is 9.97 Å². The van der Waals surface area contributed by atoms with Crippen molar-refractivity contribution >= 4 is 11.8 Å². The van der Waals surface area contributed by atoms with Crippen molar-refractivity contribution in [3.8, 4) is 0 Å². The lowest BCUT2D eigenvalue weighted by Gasteiger charge is -2.39. The quantitative estimate of drug-likeness (QED) is 0.833. The van der Waals surface area contributed by atoms with Gasteiger partial charge >= 0.3 is 0 Å². The van der Waals surface area contributed by atoms with Gasteiger partial charge in [0, 0.05) is 32.3 Å². The van der Waals surface area contributed by atoms with Crippen molar-refractivity contribution in [2.24, 2.45) is 0 Å². The second-order valence-corrected chi connectivity index (χ2v) is 6.37. The summed E-state index contributed by atoms with van der Waals surface area (Å²) in [4.78, 5) is 37.3. The van der Waals surface area contributed by atoms with Crippen LogP contribution >= 0.6 is 0 Å². The Kier molecular flexibility index (Phi) is 5.69. The molecular formula is C17H26N4O2. The first-order valence-electron chi connectivity index (χ1n) is 8.34. The molecule has 0 radical (unpaired) electrons. The van der Waals surface area contributed by atoms with Crippen LogP contribution in [0.4, 0.5) is 0 Å². The first-order valence-corrected chi connectivity index (χ1v) is 8.34. The van der Waals surface area contributed by atoms with Crippen LogP contribution in [0.3, 0.4) is 0 Å². The third kappa shape index (κ3) is 3.86. The molecular weight excluding hydrogens is 292 g/mol. The zero-order valence-electron chi connectivity index (χ0n) is 14.5. The van der Waals surface area contributed by atoms with Gasteiger partial charge in [0.25, 0.3) is 5.91 Å². The Morgan fingerprint density at radius 1 is 1.39 bits per heavy atom. The van der Waals surface area contributed by atoms with Crippen molar-refractivity contribution in [1.82, 2.24) is 19.8 Å². The van der Waals surface area contributed by atoms with E-state index in [0.717, 1.165) is 12.8 Å². The van der Waals surface area contributed by atoms with E-state index in [9.17, 15) is 9.59 Å². The van der Waals surface area contributed by atoms with Crippen LogP contribution in [0.25, 0.3) is 0 Å². The fourth-order valence-electron chi connectivity index (χ4n) is 2.75. The maximum Gasteiger partial charge on any atom is 0.273 e. The lowest BCUT2D eigenvalue weighted by Crippen LogP contribution is -2.57. The van der Waals surface area contributed by atoms with Gasteiger partial charge in [0.2, 0.25) is 5.91 Å². The molecule has 0 aliphatic carbocycles. The van der Waals surface area contributed by atoms with Gasteiger partial charge in [-0.2, -0.15) is 0 Å². The topological polar surface area (TPSA) is 66.4 Å². The Hall–Kier alpha value is -1.98. The van der Waals surface area contributed by atoms with Gasteiger partial charge in [-0.1, -0.05) is 33.6 Å². The van der Waals surface area contributed by atoms with Gasteiger partial charge in [0.05, 0.1) is 0 Å². The summed E-state index contributed by atoms with van der Waals surface area (Å²) >= 11 is 0. The average molecular weight is 318 g/mol. The molecule has 6 heteroatoms. The summed E-state index contributed by atoms with van der Waals surface area (Å²) in [5.41, 5.74) is 0.377. The third-order valence-corrected chi connectivity index (χ3v) is 4.22. The highest BCUT2D eigenvalue weighted by Crippen LogP contribution is 2.19. The van der Waals surface area contributed by atoms with Crippen molar-refractivity contribution in [3.63, 3.8) is 0 Å². The number of likely N-dealkylation sites (N-methyl/N-ethyl adjacent to an activating group) is 1. The minimum atomic E-state index is -0.376. The highest BCUT2D eigenvalue weighted by atomic mass is 16.2. The second-order valence-electron chi connectivity index (χ2n) is 6.37. The summed E-state index contributed by atoms with van der Waals surface area (Å²) in [6, 6.07) is 1.26. The van der Waals surface area contributed by atoms with Crippen LogP contribution < -0.4 is 0 Å². The minimum Gasteiger partial charge on any atom is -0.342 e. The first kappa shape index (κ1) is 17.4. The Morgan fingerprint density at radius 3 is 2.78 bits per heavy atom. The molecule has 2 amide bonds. The molecule has 126 valence electrons. The van der Waals surface area contributed by atoms with Gasteiger partial charge in [0.1, 0.15) is 17.6 Å². The first-order chi connectivity index (χ1) is 11.0. The molecule has 0 N–H and O–H groups in total. The van der Waals surface area contributed by atoms with E-state index in [2.05, 4.69) is 16.9 Å². The Bertz CT molecular complexity index is 573. The van der Waals surface area contributed by atoms with Crippen LogP contribution in [0.15, 0.2) is 12.3 Å². The van der Waals surface area contributed by atoms with Gasteiger partial charge in [0.15, 0.2) is 0 Å². The van der Waals surface area contributed by atoms with Crippen LogP contribution in [0.1, 0.15) is 62.3 Å². The summed E-state index contributed by atoms with van der Waals surface area (Å²) in [5, 5.41) is 0. The molecule has 1 fully saturated rings. The zero-order chi connectivity index (χ0) is 17.0. The number of carbonyl (C=O) groups is 2. The summed E-state index contributed by atoms with van der Waals surface area (Å²) in [6.07, 6.45) is 4.25. The van der Waals surface area contributed by atoms with Gasteiger partial charge in [-0.3, -0.25) is 9.59 Å². The van der Waals surface area contributed by atoms with Crippen LogP contribution in [0.5, 0.6) is 0 Å². The smallest absolute Gasteiger partial charge is 0.273 e. The summed E-state index contributed by atoms with van der Waals surface area (Å²) in [6.45, 7) is 7.19. The maximum absolute atomic E-state index is 12.9. The number of aromatic nitrogens is 2. The summed E-state index contributed by atoms with van der Waals surface area (Å²) in [5.74, 6) is 0.669. The minimum absolute atomic E-state index is 0.0242. The van der Waals surface area contributed by atoms with Crippen molar-refractivity contribution in [2.75, 3.05) is 20.1 Å². The molecule has 1 atom stereocenters. The number of unbranched alkanes of at least 4 members (excludes halogenated alkanes) is 1. The van der Waals surface area contributed by atoms with Crippen molar-refractivity contribution < 1.29 is 9.59 Å².